The molecule has 0 fully saturated rings. The Morgan fingerprint density at radius 2 is 2.12 bits per heavy atom. The molecule has 90 valence electrons. The number of urea groups is 1. The number of rotatable bonds is 5. The SMILES string of the molecule is N#CCCNC(=O)NCCc1cccc(Br)c1. The lowest BCUT2D eigenvalue weighted by molar-refractivity contribution is 0.241. The number of hydrogen-bond donors (Lipinski definition) is 2. The maximum Gasteiger partial charge on any atom is 0.314 e. The van der Waals surface area contributed by atoms with Gasteiger partial charge in [0.2, 0.25) is 0 Å². The summed E-state index contributed by atoms with van der Waals surface area (Å²) in [5.41, 5.74) is 1.16. The fourth-order valence-electron chi connectivity index (χ4n) is 1.31. The molecule has 2 N–H and O–H groups in total. The predicted octanol–water partition coefficient (Wildman–Crippen LogP) is 2.20. The molecule has 5 heteroatoms. The quantitative estimate of drug-likeness (QED) is 0.818. The standard InChI is InChI=1S/C12H14BrN3O/c13-11-4-1-3-10(9-11)5-8-16-12(17)15-7-2-6-14/h1,3-4,9H,2,5,7-8H2,(H2,15,16,17). The lowest BCUT2D eigenvalue weighted by atomic mass is 10.1. The van der Waals surface area contributed by atoms with Gasteiger partial charge in [0.1, 0.15) is 0 Å². The van der Waals surface area contributed by atoms with Gasteiger partial charge in [-0.25, -0.2) is 4.79 Å². The van der Waals surface area contributed by atoms with Crippen molar-refractivity contribution in [3.8, 4) is 6.07 Å². The van der Waals surface area contributed by atoms with Gasteiger partial charge in [0, 0.05) is 17.6 Å². The molecule has 17 heavy (non-hydrogen) atoms. The van der Waals surface area contributed by atoms with E-state index in [1.807, 2.05) is 30.3 Å². The van der Waals surface area contributed by atoms with E-state index >= 15 is 0 Å². The molecule has 0 aromatic heterocycles. The number of carbonyl (C=O) groups is 1. The van der Waals surface area contributed by atoms with Crippen LogP contribution in [0.3, 0.4) is 0 Å². The topological polar surface area (TPSA) is 64.9 Å². The summed E-state index contributed by atoms with van der Waals surface area (Å²) in [7, 11) is 0. The van der Waals surface area contributed by atoms with Crippen LogP contribution in [0.15, 0.2) is 28.7 Å². The zero-order chi connectivity index (χ0) is 12.5. The van der Waals surface area contributed by atoms with Gasteiger partial charge in [-0.05, 0) is 24.1 Å². The Bertz CT molecular complexity index is 414. The van der Waals surface area contributed by atoms with E-state index in [4.69, 9.17) is 5.26 Å². The molecule has 0 spiro atoms. The smallest absolute Gasteiger partial charge is 0.314 e. The second-order valence-corrected chi connectivity index (χ2v) is 4.39. The van der Waals surface area contributed by atoms with Gasteiger partial charge in [-0.1, -0.05) is 28.1 Å². The van der Waals surface area contributed by atoms with Crippen molar-refractivity contribution < 1.29 is 4.79 Å². The number of halogens is 1. The van der Waals surface area contributed by atoms with E-state index in [9.17, 15) is 4.79 Å². The summed E-state index contributed by atoms with van der Waals surface area (Å²) >= 11 is 3.39. The molecule has 0 aliphatic rings. The fraction of sp³-hybridized carbons (Fsp3) is 0.333. The van der Waals surface area contributed by atoms with Crippen molar-refractivity contribution in [1.82, 2.24) is 10.6 Å². The minimum absolute atomic E-state index is 0.227. The minimum Gasteiger partial charge on any atom is -0.338 e. The molecule has 4 nitrogen and oxygen atoms in total. The summed E-state index contributed by atoms with van der Waals surface area (Å²) < 4.78 is 1.04. The summed E-state index contributed by atoms with van der Waals surface area (Å²) in [6, 6.07) is 9.70. The highest BCUT2D eigenvalue weighted by Crippen LogP contribution is 2.11. The van der Waals surface area contributed by atoms with Crippen molar-refractivity contribution >= 4 is 22.0 Å². The molecule has 2 amide bonds. The molecule has 0 aliphatic heterocycles. The van der Waals surface area contributed by atoms with Crippen LogP contribution >= 0.6 is 15.9 Å². The molecule has 0 aliphatic carbocycles. The molecular weight excluding hydrogens is 282 g/mol. The average molecular weight is 296 g/mol. The molecule has 0 bridgehead atoms. The van der Waals surface area contributed by atoms with E-state index in [0.717, 1.165) is 16.5 Å². The average Bonchev–Trinajstić information content (AvgIpc) is 2.29. The minimum atomic E-state index is -0.227. The van der Waals surface area contributed by atoms with Gasteiger partial charge >= 0.3 is 6.03 Å². The lowest BCUT2D eigenvalue weighted by Gasteiger charge is -2.06. The zero-order valence-corrected chi connectivity index (χ0v) is 11.0. The molecule has 0 saturated carbocycles. The third kappa shape index (κ3) is 5.93. The number of nitrogens with zero attached hydrogens (tertiary/aromatic N) is 1. The van der Waals surface area contributed by atoms with Crippen molar-refractivity contribution in [3.63, 3.8) is 0 Å². The highest BCUT2D eigenvalue weighted by atomic mass is 79.9. The van der Waals surface area contributed by atoms with E-state index in [-0.39, 0.29) is 6.03 Å². The van der Waals surface area contributed by atoms with Crippen LogP contribution in [0.25, 0.3) is 0 Å². The van der Waals surface area contributed by atoms with Gasteiger partial charge in [-0.2, -0.15) is 5.26 Å². The predicted molar refractivity (Wildman–Crippen MR) is 69.5 cm³/mol. The molecule has 0 heterocycles. The molecule has 1 aromatic rings. The number of benzene rings is 1. The molecule has 0 saturated heterocycles. The number of nitrogens with one attached hydrogen (secondary N) is 2. The summed E-state index contributed by atoms with van der Waals surface area (Å²) in [5, 5.41) is 13.6. The van der Waals surface area contributed by atoms with Crippen molar-refractivity contribution in [2.24, 2.45) is 0 Å². The Morgan fingerprint density at radius 3 is 2.82 bits per heavy atom. The van der Waals surface area contributed by atoms with Gasteiger partial charge in [-0.3, -0.25) is 0 Å². The second kappa shape index (κ2) is 7.69. The summed E-state index contributed by atoms with van der Waals surface area (Å²) in [6.07, 6.45) is 1.12. The van der Waals surface area contributed by atoms with Crippen molar-refractivity contribution in [2.45, 2.75) is 12.8 Å². The van der Waals surface area contributed by atoms with Crippen LogP contribution in [-0.2, 0) is 6.42 Å². The zero-order valence-electron chi connectivity index (χ0n) is 9.37. The van der Waals surface area contributed by atoms with Gasteiger partial charge in [0.15, 0.2) is 0 Å². The van der Waals surface area contributed by atoms with Crippen LogP contribution in [0, 0.1) is 11.3 Å². The van der Waals surface area contributed by atoms with E-state index in [1.54, 1.807) is 0 Å². The first kappa shape index (κ1) is 13.5. The van der Waals surface area contributed by atoms with Crippen LogP contribution in [0.4, 0.5) is 4.79 Å². The third-order valence-corrected chi connectivity index (χ3v) is 2.60. The largest absolute Gasteiger partial charge is 0.338 e. The molecule has 0 radical (unpaired) electrons. The molecule has 0 atom stereocenters. The Balaban J connectivity index is 2.19. The number of hydrogen-bond acceptors (Lipinski definition) is 2. The third-order valence-electron chi connectivity index (χ3n) is 2.11. The van der Waals surface area contributed by atoms with Crippen LogP contribution in [-0.4, -0.2) is 19.1 Å². The van der Waals surface area contributed by atoms with Crippen LogP contribution < -0.4 is 10.6 Å². The normalized spacial score (nSPS) is 9.41. The van der Waals surface area contributed by atoms with Crippen LogP contribution in [0.1, 0.15) is 12.0 Å². The number of nitriles is 1. The van der Waals surface area contributed by atoms with Gasteiger partial charge in [0.05, 0.1) is 12.5 Å². The maximum absolute atomic E-state index is 11.2. The maximum atomic E-state index is 11.2. The second-order valence-electron chi connectivity index (χ2n) is 3.47. The van der Waals surface area contributed by atoms with E-state index in [1.165, 1.54) is 0 Å². The summed E-state index contributed by atoms with van der Waals surface area (Å²) in [6.45, 7) is 0.966. The van der Waals surface area contributed by atoms with E-state index in [2.05, 4.69) is 26.6 Å². The fourth-order valence-corrected chi connectivity index (χ4v) is 1.75. The van der Waals surface area contributed by atoms with E-state index in [0.29, 0.717) is 19.5 Å². The monoisotopic (exact) mass is 295 g/mol. The molecular formula is C12H14BrN3O. The Hall–Kier alpha value is -1.54. The molecule has 1 rings (SSSR count). The van der Waals surface area contributed by atoms with Crippen molar-refractivity contribution in [1.29, 1.82) is 5.26 Å². The van der Waals surface area contributed by atoms with Gasteiger partial charge in [0.25, 0.3) is 0 Å². The first-order chi connectivity index (χ1) is 8.22. The summed E-state index contributed by atoms with van der Waals surface area (Å²) in [4.78, 5) is 11.2. The molecule has 1 aromatic carbocycles. The van der Waals surface area contributed by atoms with Gasteiger partial charge in [-0.15, -0.1) is 0 Å². The first-order valence-electron chi connectivity index (χ1n) is 5.35. The highest BCUT2D eigenvalue weighted by Gasteiger charge is 1.99. The number of carbonyl (C=O) groups excluding carboxylic acids is 1. The van der Waals surface area contributed by atoms with Crippen molar-refractivity contribution in [2.75, 3.05) is 13.1 Å². The Morgan fingerprint density at radius 1 is 1.35 bits per heavy atom. The molecule has 0 unspecified atom stereocenters. The Labute approximate surface area is 109 Å². The Kier molecular flexibility index (Phi) is 6.12. The van der Waals surface area contributed by atoms with Crippen molar-refractivity contribution in [3.05, 3.63) is 34.3 Å². The van der Waals surface area contributed by atoms with Gasteiger partial charge < -0.3 is 10.6 Å². The highest BCUT2D eigenvalue weighted by molar-refractivity contribution is 9.10. The van der Waals surface area contributed by atoms with E-state index < -0.39 is 0 Å². The van der Waals surface area contributed by atoms with Crippen LogP contribution in [0.5, 0.6) is 0 Å². The first-order valence-corrected chi connectivity index (χ1v) is 6.15. The van der Waals surface area contributed by atoms with Crippen LogP contribution in [0.2, 0.25) is 0 Å². The summed E-state index contributed by atoms with van der Waals surface area (Å²) in [5.74, 6) is 0. The number of amides is 2. The lowest BCUT2D eigenvalue weighted by Crippen LogP contribution is -2.36.